The summed E-state index contributed by atoms with van der Waals surface area (Å²) < 4.78 is 39.9. The van der Waals surface area contributed by atoms with Gasteiger partial charge in [-0.3, -0.25) is 14.6 Å². The maximum Gasteiger partial charge on any atom is 0.261 e. The lowest BCUT2D eigenvalue weighted by molar-refractivity contribution is 0.102. The van der Waals surface area contributed by atoms with E-state index in [1.54, 1.807) is 18.2 Å². The summed E-state index contributed by atoms with van der Waals surface area (Å²) in [7, 11) is 1.51. The summed E-state index contributed by atoms with van der Waals surface area (Å²) in [4.78, 5) is 30.7. The number of hydrogen-bond donors (Lipinski definition) is 2. The average molecular weight is 423 g/mol. The number of anilines is 1. The van der Waals surface area contributed by atoms with Crippen molar-refractivity contribution < 1.29 is 23.0 Å². The first-order valence-electron chi connectivity index (χ1n) is 9.04. The minimum Gasteiger partial charge on any atom is -0.497 e. The number of nitrogens with one attached hydrogen (secondary N) is 2. The number of halogens is 2. The van der Waals surface area contributed by atoms with Crippen molar-refractivity contribution >= 4 is 22.5 Å². The maximum atomic E-state index is 14.6. The molecule has 2 aromatic heterocycles. The lowest BCUT2D eigenvalue weighted by Gasteiger charge is -2.12. The predicted octanol–water partition coefficient (Wildman–Crippen LogP) is 4.25. The number of aromatic amines is 1. The van der Waals surface area contributed by atoms with Crippen LogP contribution in [0, 0.1) is 11.6 Å². The van der Waals surface area contributed by atoms with E-state index in [9.17, 15) is 18.4 Å². The minimum absolute atomic E-state index is 0.167. The van der Waals surface area contributed by atoms with E-state index < -0.39 is 28.7 Å². The standard InChI is InChI=1S/C22H15F2N3O4/c1-30-13-2-3-14-18(10-13)26-7-5-20(14)31-21-16(23)8-12(9-17(21)24)27-22(29)15-11-25-6-4-19(15)28/h2-11H,1H3,(H,25,28)(H,27,29). The minimum atomic E-state index is -1.03. The largest absolute Gasteiger partial charge is 0.497 e. The van der Waals surface area contributed by atoms with Crippen LogP contribution >= 0.6 is 0 Å². The number of rotatable bonds is 5. The third kappa shape index (κ3) is 4.06. The molecule has 0 radical (unpaired) electrons. The zero-order chi connectivity index (χ0) is 22.0. The van der Waals surface area contributed by atoms with Crippen LogP contribution in [0.2, 0.25) is 0 Å². The lowest BCUT2D eigenvalue weighted by atomic mass is 10.2. The fraction of sp³-hybridized carbons (Fsp3) is 0.0455. The smallest absolute Gasteiger partial charge is 0.261 e. The van der Waals surface area contributed by atoms with E-state index in [1.165, 1.54) is 37.8 Å². The van der Waals surface area contributed by atoms with Gasteiger partial charge in [0, 0.05) is 53.9 Å². The second kappa shape index (κ2) is 8.23. The number of H-pyrrole nitrogens is 1. The fourth-order valence-electron chi connectivity index (χ4n) is 2.95. The van der Waals surface area contributed by atoms with Crippen LogP contribution < -0.4 is 20.2 Å². The molecule has 0 aliphatic rings. The van der Waals surface area contributed by atoms with E-state index in [4.69, 9.17) is 9.47 Å². The number of methoxy groups -OCH3 is 1. The van der Waals surface area contributed by atoms with Crippen molar-refractivity contribution in [2.45, 2.75) is 0 Å². The number of carbonyl (C=O) groups is 1. The van der Waals surface area contributed by atoms with Gasteiger partial charge in [-0.2, -0.15) is 0 Å². The van der Waals surface area contributed by atoms with E-state index in [2.05, 4.69) is 15.3 Å². The maximum absolute atomic E-state index is 14.6. The van der Waals surface area contributed by atoms with E-state index in [-0.39, 0.29) is 17.0 Å². The van der Waals surface area contributed by atoms with Gasteiger partial charge in [0.2, 0.25) is 0 Å². The molecular formula is C22H15F2N3O4. The Morgan fingerprint density at radius 1 is 1.10 bits per heavy atom. The van der Waals surface area contributed by atoms with Crippen molar-refractivity contribution in [2.75, 3.05) is 12.4 Å². The quantitative estimate of drug-likeness (QED) is 0.501. The van der Waals surface area contributed by atoms with Gasteiger partial charge in [-0.15, -0.1) is 0 Å². The lowest BCUT2D eigenvalue weighted by Crippen LogP contribution is -2.21. The molecule has 2 heterocycles. The summed E-state index contributed by atoms with van der Waals surface area (Å²) in [6.45, 7) is 0. The molecule has 0 aliphatic carbocycles. The molecule has 7 nitrogen and oxygen atoms in total. The fourth-order valence-corrected chi connectivity index (χ4v) is 2.95. The zero-order valence-corrected chi connectivity index (χ0v) is 16.1. The first-order valence-corrected chi connectivity index (χ1v) is 9.04. The molecule has 9 heteroatoms. The van der Waals surface area contributed by atoms with Crippen molar-refractivity contribution in [1.82, 2.24) is 9.97 Å². The molecule has 0 saturated carbocycles. The summed E-state index contributed by atoms with van der Waals surface area (Å²) in [6.07, 6.45) is 4.01. The number of nitrogens with zero attached hydrogens (tertiary/aromatic N) is 1. The second-order valence-electron chi connectivity index (χ2n) is 6.44. The highest BCUT2D eigenvalue weighted by molar-refractivity contribution is 6.04. The first-order chi connectivity index (χ1) is 15.0. The molecule has 0 unspecified atom stereocenters. The molecule has 4 rings (SSSR count). The Bertz CT molecular complexity index is 1330. The van der Waals surface area contributed by atoms with Gasteiger partial charge in [0.1, 0.15) is 17.1 Å². The van der Waals surface area contributed by atoms with Crippen LogP contribution in [0.1, 0.15) is 10.4 Å². The summed E-state index contributed by atoms with van der Waals surface area (Å²) in [5.74, 6) is -2.74. The molecule has 0 spiro atoms. The molecule has 1 amide bonds. The van der Waals surface area contributed by atoms with E-state index >= 15 is 0 Å². The number of benzene rings is 2. The first kappa shape index (κ1) is 20.0. The van der Waals surface area contributed by atoms with Crippen LogP contribution in [0.3, 0.4) is 0 Å². The molecule has 0 aliphatic heterocycles. The summed E-state index contributed by atoms with van der Waals surface area (Å²) in [5, 5.41) is 2.83. The molecule has 2 N–H and O–H groups in total. The summed E-state index contributed by atoms with van der Waals surface area (Å²) in [5.41, 5.74) is -0.366. The van der Waals surface area contributed by atoms with Crippen molar-refractivity contribution in [3.63, 3.8) is 0 Å². The predicted molar refractivity (Wildman–Crippen MR) is 110 cm³/mol. The Kier molecular flexibility index (Phi) is 5.31. The van der Waals surface area contributed by atoms with Crippen molar-refractivity contribution in [2.24, 2.45) is 0 Å². The Hall–Kier alpha value is -4.27. The van der Waals surface area contributed by atoms with E-state index in [1.807, 2.05) is 0 Å². The van der Waals surface area contributed by atoms with E-state index in [0.717, 1.165) is 12.1 Å². The van der Waals surface area contributed by atoms with Gasteiger partial charge in [-0.25, -0.2) is 8.78 Å². The van der Waals surface area contributed by atoms with Gasteiger partial charge in [0.25, 0.3) is 5.91 Å². The van der Waals surface area contributed by atoms with Crippen molar-refractivity contribution in [3.8, 4) is 17.2 Å². The summed E-state index contributed by atoms with van der Waals surface area (Å²) in [6, 6.07) is 9.46. The third-order valence-corrected chi connectivity index (χ3v) is 4.45. The van der Waals surface area contributed by atoms with Crippen LogP contribution in [0.5, 0.6) is 17.2 Å². The zero-order valence-electron chi connectivity index (χ0n) is 16.1. The van der Waals surface area contributed by atoms with Gasteiger partial charge in [-0.1, -0.05) is 0 Å². The number of fused-ring (bicyclic) bond motifs is 1. The van der Waals surface area contributed by atoms with Gasteiger partial charge in [0.05, 0.1) is 12.6 Å². The molecule has 31 heavy (non-hydrogen) atoms. The van der Waals surface area contributed by atoms with Crippen LogP contribution in [-0.4, -0.2) is 23.0 Å². The van der Waals surface area contributed by atoms with Crippen LogP contribution in [0.25, 0.3) is 10.9 Å². The molecule has 0 saturated heterocycles. The second-order valence-corrected chi connectivity index (χ2v) is 6.44. The molecule has 0 bridgehead atoms. The van der Waals surface area contributed by atoms with Crippen LogP contribution in [0.15, 0.2) is 65.8 Å². The summed E-state index contributed by atoms with van der Waals surface area (Å²) >= 11 is 0. The number of aromatic nitrogens is 2. The molecule has 0 fully saturated rings. The topological polar surface area (TPSA) is 93.3 Å². The molecular weight excluding hydrogens is 408 g/mol. The SMILES string of the molecule is COc1ccc2c(Oc3c(F)cc(NC(=O)c4c[nH]ccc4=O)cc3F)ccnc2c1. The van der Waals surface area contributed by atoms with Crippen molar-refractivity contribution in [1.29, 1.82) is 0 Å². The molecule has 156 valence electrons. The van der Waals surface area contributed by atoms with Crippen LogP contribution in [-0.2, 0) is 0 Å². The Balaban J connectivity index is 1.63. The normalized spacial score (nSPS) is 10.7. The third-order valence-electron chi connectivity index (χ3n) is 4.45. The van der Waals surface area contributed by atoms with Crippen LogP contribution in [0.4, 0.5) is 14.5 Å². The molecule has 2 aromatic carbocycles. The monoisotopic (exact) mass is 423 g/mol. The van der Waals surface area contributed by atoms with Gasteiger partial charge in [-0.05, 0) is 18.2 Å². The number of amides is 1. The number of ether oxygens (including phenoxy) is 2. The van der Waals surface area contributed by atoms with Gasteiger partial charge in [0.15, 0.2) is 22.8 Å². The Morgan fingerprint density at radius 3 is 2.58 bits per heavy atom. The number of hydrogen-bond acceptors (Lipinski definition) is 5. The molecule has 0 atom stereocenters. The highest BCUT2D eigenvalue weighted by Crippen LogP contribution is 2.34. The Labute approximate surface area is 174 Å². The van der Waals surface area contributed by atoms with E-state index in [0.29, 0.717) is 16.7 Å². The number of carbonyl (C=O) groups excluding carboxylic acids is 1. The van der Waals surface area contributed by atoms with Gasteiger partial charge < -0.3 is 19.8 Å². The molecule has 4 aromatic rings. The highest BCUT2D eigenvalue weighted by Gasteiger charge is 2.18. The van der Waals surface area contributed by atoms with Gasteiger partial charge >= 0.3 is 0 Å². The highest BCUT2D eigenvalue weighted by atomic mass is 19.1. The van der Waals surface area contributed by atoms with Crippen molar-refractivity contribution in [3.05, 3.63) is 88.5 Å². The number of pyridine rings is 2. The average Bonchev–Trinajstić information content (AvgIpc) is 2.76. The Morgan fingerprint density at radius 2 is 1.87 bits per heavy atom.